The van der Waals surface area contributed by atoms with Crippen LogP contribution in [-0.2, 0) is 18.9 Å². The Morgan fingerprint density at radius 3 is 2.00 bits per heavy atom. The fraction of sp³-hybridized carbons (Fsp3) is 1.00. The Balaban J connectivity index is 2.14. The van der Waals surface area contributed by atoms with Gasteiger partial charge in [0.15, 0.2) is 6.29 Å². The number of hydrogen-bond acceptors (Lipinski definition) is 9. The molecule has 0 aliphatic carbocycles. The quantitative estimate of drug-likeness (QED) is 0.366. The number of rotatable bonds is 5. The molecule has 2 rings (SSSR count). The molecule has 9 heteroatoms. The molecule has 9 nitrogen and oxygen atoms in total. The molecule has 0 spiro atoms. The molecule has 0 amide bonds. The Bertz CT molecular complexity index is 393. The van der Waals surface area contributed by atoms with Crippen LogP contribution in [0.3, 0.4) is 0 Å². The van der Waals surface area contributed by atoms with Crippen molar-refractivity contribution in [2.75, 3.05) is 20.3 Å². The predicted octanol–water partition coefficient (Wildman–Crippen LogP) is -2.40. The minimum absolute atomic E-state index is 0.254. The number of aliphatic hydroxyl groups excluding tert-OH is 5. The van der Waals surface area contributed by atoms with Gasteiger partial charge in [-0.2, -0.15) is 0 Å². The molecule has 10 atom stereocenters. The maximum atomic E-state index is 10.4. The van der Waals surface area contributed by atoms with E-state index >= 15 is 0 Å². The zero-order valence-corrected chi connectivity index (χ0v) is 14.1. The van der Waals surface area contributed by atoms with Gasteiger partial charge in [0.2, 0.25) is 0 Å². The smallest absolute Gasteiger partial charge is 0.187 e. The standard InChI is InChI=1S/C15H28O9/c1-6-7(2)22-9(5-17)13(10(6)18)24-15-12(20)14(21-3)11(19)8(4-16)23-15/h6-20H,4-5H2,1-3H3. The summed E-state index contributed by atoms with van der Waals surface area (Å²) < 4.78 is 21.8. The first-order chi connectivity index (χ1) is 11.3. The van der Waals surface area contributed by atoms with Gasteiger partial charge in [-0.25, -0.2) is 0 Å². The SMILES string of the molecule is COC1C(O)C(CO)OC(OC2C(CO)OC(C)C(C)C2O)C1O. The average molecular weight is 352 g/mol. The summed E-state index contributed by atoms with van der Waals surface area (Å²) in [6.07, 6.45) is -8.79. The van der Waals surface area contributed by atoms with Crippen molar-refractivity contribution in [3.63, 3.8) is 0 Å². The van der Waals surface area contributed by atoms with Crippen LogP contribution in [0, 0.1) is 5.92 Å². The zero-order valence-electron chi connectivity index (χ0n) is 14.1. The summed E-state index contributed by atoms with van der Waals surface area (Å²) in [5, 5.41) is 49.6. The Kier molecular flexibility index (Phi) is 6.94. The van der Waals surface area contributed by atoms with Gasteiger partial charge in [-0.15, -0.1) is 0 Å². The van der Waals surface area contributed by atoms with Crippen molar-refractivity contribution in [1.29, 1.82) is 0 Å². The van der Waals surface area contributed by atoms with Crippen LogP contribution >= 0.6 is 0 Å². The highest BCUT2D eigenvalue weighted by atomic mass is 16.7. The molecule has 0 aromatic heterocycles. The third-order valence-corrected chi connectivity index (χ3v) is 4.94. The van der Waals surface area contributed by atoms with Crippen molar-refractivity contribution in [3.05, 3.63) is 0 Å². The molecule has 2 heterocycles. The summed E-state index contributed by atoms with van der Waals surface area (Å²) in [6.45, 7) is 2.71. The molecule has 2 aliphatic heterocycles. The van der Waals surface area contributed by atoms with Crippen LogP contribution in [0.1, 0.15) is 13.8 Å². The fourth-order valence-electron chi connectivity index (χ4n) is 3.19. The Labute approximate surface area is 140 Å². The van der Waals surface area contributed by atoms with Gasteiger partial charge in [0.25, 0.3) is 0 Å². The van der Waals surface area contributed by atoms with E-state index < -0.39 is 55.6 Å². The Morgan fingerprint density at radius 1 is 0.833 bits per heavy atom. The first-order valence-corrected chi connectivity index (χ1v) is 8.10. The van der Waals surface area contributed by atoms with E-state index in [0.29, 0.717) is 0 Å². The Hall–Kier alpha value is -0.360. The van der Waals surface area contributed by atoms with E-state index in [-0.39, 0.29) is 18.6 Å². The molecule has 24 heavy (non-hydrogen) atoms. The van der Waals surface area contributed by atoms with Crippen molar-refractivity contribution >= 4 is 0 Å². The highest BCUT2D eigenvalue weighted by molar-refractivity contribution is 4.94. The molecule has 2 saturated heterocycles. The molecule has 0 bridgehead atoms. The fourth-order valence-corrected chi connectivity index (χ4v) is 3.19. The van der Waals surface area contributed by atoms with Crippen LogP contribution in [0.2, 0.25) is 0 Å². The second-order valence-corrected chi connectivity index (χ2v) is 6.42. The predicted molar refractivity (Wildman–Crippen MR) is 80.0 cm³/mol. The van der Waals surface area contributed by atoms with E-state index in [1.54, 1.807) is 13.8 Å². The largest absolute Gasteiger partial charge is 0.394 e. The van der Waals surface area contributed by atoms with E-state index in [1.165, 1.54) is 7.11 Å². The van der Waals surface area contributed by atoms with E-state index in [2.05, 4.69) is 0 Å². The van der Waals surface area contributed by atoms with Crippen molar-refractivity contribution in [1.82, 2.24) is 0 Å². The van der Waals surface area contributed by atoms with Gasteiger partial charge >= 0.3 is 0 Å². The van der Waals surface area contributed by atoms with Crippen molar-refractivity contribution < 1.29 is 44.5 Å². The maximum Gasteiger partial charge on any atom is 0.187 e. The van der Waals surface area contributed by atoms with E-state index in [0.717, 1.165) is 0 Å². The molecular weight excluding hydrogens is 324 g/mol. The normalized spacial score (nSPS) is 50.0. The molecule has 0 aromatic rings. The van der Waals surface area contributed by atoms with Crippen molar-refractivity contribution in [2.24, 2.45) is 5.92 Å². The van der Waals surface area contributed by atoms with Crippen LogP contribution in [-0.4, -0.2) is 101 Å². The van der Waals surface area contributed by atoms with Gasteiger partial charge in [-0.05, 0) is 6.92 Å². The molecule has 10 unspecified atom stereocenters. The second kappa shape index (κ2) is 8.35. The number of ether oxygens (including phenoxy) is 4. The van der Waals surface area contributed by atoms with E-state index in [1.807, 2.05) is 0 Å². The van der Waals surface area contributed by atoms with Gasteiger partial charge in [0.05, 0.1) is 25.4 Å². The third-order valence-electron chi connectivity index (χ3n) is 4.94. The van der Waals surface area contributed by atoms with Crippen molar-refractivity contribution in [3.8, 4) is 0 Å². The van der Waals surface area contributed by atoms with E-state index in [9.17, 15) is 25.5 Å². The first-order valence-electron chi connectivity index (χ1n) is 8.10. The lowest BCUT2D eigenvalue weighted by Gasteiger charge is -2.46. The van der Waals surface area contributed by atoms with Crippen molar-refractivity contribution in [2.45, 2.75) is 69.0 Å². The Morgan fingerprint density at radius 2 is 1.46 bits per heavy atom. The van der Waals surface area contributed by atoms with E-state index in [4.69, 9.17) is 18.9 Å². The number of aliphatic hydroxyl groups is 5. The maximum absolute atomic E-state index is 10.4. The minimum atomic E-state index is -1.34. The first kappa shape index (κ1) is 20.0. The van der Waals surface area contributed by atoms with Gasteiger partial charge in [-0.1, -0.05) is 6.92 Å². The molecule has 5 N–H and O–H groups in total. The third kappa shape index (κ3) is 3.74. The summed E-state index contributed by atoms with van der Waals surface area (Å²) in [5.41, 5.74) is 0. The lowest BCUT2D eigenvalue weighted by atomic mass is 9.88. The highest BCUT2D eigenvalue weighted by Gasteiger charge is 2.49. The zero-order chi connectivity index (χ0) is 18.0. The number of methoxy groups -OCH3 is 1. The van der Waals surface area contributed by atoms with Gasteiger partial charge in [0.1, 0.15) is 36.6 Å². The molecule has 0 aromatic carbocycles. The minimum Gasteiger partial charge on any atom is -0.394 e. The lowest BCUT2D eigenvalue weighted by molar-refractivity contribution is -0.339. The van der Waals surface area contributed by atoms with Crippen LogP contribution in [0.5, 0.6) is 0 Å². The van der Waals surface area contributed by atoms with Gasteiger partial charge in [0, 0.05) is 13.0 Å². The van der Waals surface area contributed by atoms with Crippen LogP contribution in [0.4, 0.5) is 0 Å². The van der Waals surface area contributed by atoms with Gasteiger partial charge in [-0.3, -0.25) is 0 Å². The van der Waals surface area contributed by atoms with Crippen LogP contribution in [0.15, 0.2) is 0 Å². The molecule has 0 saturated carbocycles. The molecule has 142 valence electrons. The lowest BCUT2D eigenvalue weighted by Crippen LogP contribution is -2.63. The monoisotopic (exact) mass is 352 g/mol. The topological polar surface area (TPSA) is 138 Å². The summed E-state index contributed by atoms with van der Waals surface area (Å²) in [7, 11) is 1.31. The molecule has 2 fully saturated rings. The summed E-state index contributed by atoms with van der Waals surface area (Å²) in [6, 6.07) is 0. The molecular formula is C15H28O9. The summed E-state index contributed by atoms with van der Waals surface area (Å²) in [5.74, 6) is -0.254. The second-order valence-electron chi connectivity index (χ2n) is 6.42. The van der Waals surface area contributed by atoms with Gasteiger partial charge < -0.3 is 44.5 Å². The summed E-state index contributed by atoms with van der Waals surface area (Å²) >= 11 is 0. The summed E-state index contributed by atoms with van der Waals surface area (Å²) in [4.78, 5) is 0. The molecule has 0 radical (unpaired) electrons. The highest BCUT2D eigenvalue weighted by Crippen LogP contribution is 2.31. The van der Waals surface area contributed by atoms with Crippen LogP contribution in [0.25, 0.3) is 0 Å². The molecule has 2 aliphatic rings. The number of hydrogen-bond donors (Lipinski definition) is 5. The van der Waals surface area contributed by atoms with Crippen LogP contribution < -0.4 is 0 Å². The average Bonchev–Trinajstić information content (AvgIpc) is 2.57.